The molecule has 6 rings (SSSR count). The van der Waals surface area contributed by atoms with E-state index in [2.05, 4.69) is 20.5 Å². The Kier molecular flexibility index (Phi) is 7.97. The maximum atomic E-state index is 13.8. The number of benzene rings is 3. The van der Waals surface area contributed by atoms with Gasteiger partial charge in [0.25, 0.3) is 5.56 Å². The Morgan fingerprint density at radius 3 is 2.45 bits per heavy atom. The van der Waals surface area contributed by atoms with Crippen LogP contribution in [0.3, 0.4) is 0 Å². The van der Waals surface area contributed by atoms with Crippen LogP contribution < -0.4 is 10.5 Å². The van der Waals surface area contributed by atoms with Crippen LogP contribution in [0, 0.1) is 0 Å². The lowest BCUT2D eigenvalue weighted by Crippen LogP contribution is -2.27. The molecule has 0 fully saturated rings. The first-order chi connectivity index (χ1) is 21.3. The molecule has 1 atom stereocenters. The van der Waals surface area contributed by atoms with E-state index >= 15 is 0 Å². The number of hydrogen-bond donors (Lipinski definition) is 2. The summed E-state index contributed by atoms with van der Waals surface area (Å²) in [5.74, 6) is 0.493. The Hall–Kier alpha value is -5.26. The fraction of sp³-hybridized carbons (Fsp3) is 0.0968. The smallest absolute Gasteiger partial charge is 0.411 e. The van der Waals surface area contributed by atoms with Crippen LogP contribution in [0.15, 0.2) is 102 Å². The first-order valence-electron chi connectivity index (χ1n) is 13.4. The van der Waals surface area contributed by atoms with E-state index < -0.39 is 12.1 Å². The lowest BCUT2D eigenvalue weighted by atomic mass is 10.0. The number of halogens is 2. The van der Waals surface area contributed by atoms with Crippen LogP contribution in [0.4, 0.5) is 10.5 Å². The average molecular weight is 627 g/mol. The van der Waals surface area contributed by atoms with Gasteiger partial charge in [0, 0.05) is 47.6 Å². The SMILES string of the molecule is CN(C(=O)O)c1ccc(-c2nc(C(Cc3ccccc3)n3ccc(-c4cc(Cl)ccc4-n4cnnn4)cc3=O)[nH]c2Cl)cc1. The number of hydrogen-bond acceptors (Lipinski definition) is 6. The molecule has 0 aliphatic carbocycles. The van der Waals surface area contributed by atoms with Gasteiger partial charge in [0.1, 0.15) is 23.0 Å². The van der Waals surface area contributed by atoms with Gasteiger partial charge in [0.2, 0.25) is 0 Å². The van der Waals surface area contributed by atoms with Gasteiger partial charge in [-0.3, -0.25) is 9.69 Å². The Labute approximate surface area is 261 Å². The second kappa shape index (κ2) is 12.2. The summed E-state index contributed by atoms with van der Waals surface area (Å²) in [6.45, 7) is 0. The highest BCUT2D eigenvalue weighted by Crippen LogP contribution is 2.32. The quantitative estimate of drug-likeness (QED) is 0.207. The van der Waals surface area contributed by atoms with Crippen molar-refractivity contribution in [2.45, 2.75) is 12.5 Å². The molecule has 13 heteroatoms. The van der Waals surface area contributed by atoms with Crippen molar-refractivity contribution in [1.82, 2.24) is 34.7 Å². The van der Waals surface area contributed by atoms with Crippen molar-refractivity contribution >= 4 is 35.0 Å². The Morgan fingerprint density at radius 2 is 1.77 bits per heavy atom. The van der Waals surface area contributed by atoms with E-state index in [0.717, 1.165) is 10.5 Å². The summed E-state index contributed by atoms with van der Waals surface area (Å²) in [5.41, 5.74) is 4.41. The van der Waals surface area contributed by atoms with Gasteiger partial charge in [-0.15, -0.1) is 5.10 Å². The molecule has 6 aromatic rings. The number of rotatable bonds is 8. The summed E-state index contributed by atoms with van der Waals surface area (Å²) in [4.78, 5) is 34.2. The molecular formula is C31H24Cl2N8O3. The molecule has 0 bridgehead atoms. The number of aromatic amines is 1. The predicted octanol–water partition coefficient (Wildman–Crippen LogP) is 6.13. The zero-order valence-electron chi connectivity index (χ0n) is 23.2. The largest absolute Gasteiger partial charge is 0.465 e. The number of carboxylic acid groups (broad SMARTS) is 1. The monoisotopic (exact) mass is 626 g/mol. The normalized spacial score (nSPS) is 11.8. The summed E-state index contributed by atoms with van der Waals surface area (Å²) in [6, 6.07) is 24.8. The fourth-order valence-corrected chi connectivity index (χ4v) is 5.38. The molecule has 0 saturated heterocycles. The Bertz CT molecular complexity index is 1990. The second-order valence-electron chi connectivity index (χ2n) is 9.96. The van der Waals surface area contributed by atoms with Crippen molar-refractivity contribution in [3.63, 3.8) is 0 Å². The van der Waals surface area contributed by atoms with Crippen LogP contribution in [-0.4, -0.2) is 53.0 Å². The van der Waals surface area contributed by atoms with Gasteiger partial charge < -0.3 is 14.7 Å². The zero-order chi connectivity index (χ0) is 30.8. The first-order valence-corrected chi connectivity index (χ1v) is 14.2. The summed E-state index contributed by atoms with van der Waals surface area (Å²) < 4.78 is 3.12. The molecule has 0 spiro atoms. The van der Waals surface area contributed by atoms with Crippen molar-refractivity contribution in [3.05, 3.63) is 129 Å². The molecule has 0 aliphatic heterocycles. The van der Waals surface area contributed by atoms with Crippen molar-refractivity contribution in [2.24, 2.45) is 0 Å². The van der Waals surface area contributed by atoms with E-state index in [1.54, 1.807) is 59.3 Å². The van der Waals surface area contributed by atoms with E-state index in [1.165, 1.54) is 18.1 Å². The number of amides is 1. The minimum absolute atomic E-state index is 0.263. The fourth-order valence-electron chi connectivity index (χ4n) is 4.96. The molecule has 1 amide bonds. The molecular weight excluding hydrogens is 603 g/mol. The minimum Gasteiger partial charge on any atom is -0.465 e. The van der Waals surface area contributed by atoms with Crippen molar-refractivity contribution in [3.8, 4) is 28.1 Å². The molecule has 0 radical (unpaired) electrons. The van der Waals surface area contributed by atoms with Gasteiger partial charge >= 0.3 is 6.09 Å². The lowest BCUT2D eigenvalue weighted by molar-refractivity contribution is 0.203. The van der Waals surface area contributed by atoms with Crippen LogP contribution in [0.25, 0.3) is 28.1 Å². The van der Waals surface area contributed by atoms with E-state index in [0.29, 0.717) is 56.2 Å². The van der Waals surface area contributed by atoms with Crippen LogP contribution in [-0.2, 0) is 6.42 Å². The lowest BCUT2D eigenvalue weighted by Gasteiger charge is -2.19. The number of H-pyrrole nitrogens is 1. The highest BCUT2D eigenvalue weighted by Gasteiger charge is 2.23. The standard InChI is InChI=1S/C31H24Cl2N8O3/c1-39(31(43)44)23-10-7-20(8-11-23)28-29(33)36-30(35-28)26(15-19-5-3-2-4-6-19)40-14-13-21(16-27(40)42)24-17-22(32)9-12-25(24)41-18-34-37-38-41/h2-14,16-18,26H,15H2,1H3,(H,35,36)(H,43,44). The van der Waals surface area contributed by atoms with Crippen molar-refractivity contribution in [2.75, 3.05) is 11.9 Å². The van der Waals surface area contributed by atoms with Crippen molar-refractivity contribution < 1.29 is 9.90 Å². The molecule has 1 unspecified atom stereocenters. The summed E-state index contributed by atoms with van der Waals surface area (Å²) in [6.07, 6.45) is 2.58. The van der Waals surface area contributed by atoms with E-state index in [1.807, 2.05) is 36.4 Å². The van der Waals surface area contributed by atoms with Crippen LogP contribution in [0.5, 0.6) is 0 Å². The van der Waals surface area contributed by atoms with Gasteiger partial charge in [0.15, 0.2) is 0 Å². The van der Waals surface area contributed by atoms with Gasteiger partial charge in [-0.1, -0.05) is 65.7 Å². The number of pyridine rings is 1. The predicted molar refractivity (Wildman–Crippen MR) is 168 cm³/mol. The average Bonchev–Trinajstić information content (AvgIpc) is 3.70. The Morgan fingerprint density at radius 1 is 1.00 bits per heavy atom. The van der Waals surface area contributed by atoms with Crippen LogP contribution >= 0.6 is 23.2 Å². The van der Waals surface area contributed by atoms with Crippen LogP contribution in [0.1, 0.15) is 17.4 Å². The Balaban J connectivity index is 1.40. The van der Waals surface area contributed by atoms with Crippen molar-refractivity contribution in [1.29, 1.82) is 0 Å². The maximum Gasteiger partial charge on any atom is 0.411 e. The third kappa shape index (κ3) is 5.83. The molecule has 44 heavy (non-hydrogen) atoms. The van der Waals surface area contributed by atoms with E-state index in [9.17, 15) is 14.7 Å². The zero-order valence-corrected chi connectivity index (χ0v) is 24.7. The molecule has 0 saturated carbocycles. The summed E-state index contributed by atoms with van der Waals surface area (Å²) >= 11 is 13.0. The van der Waals surface area contributed by atoms with Crippen LogP contribution in [0.2, 0.25) is 10.2 Å². The topological polar surface area (TPSA) is 135 Å². The number of tetrazole rings is 1. The van der Waals surface area contributed by atoms with Gasteiger partial charge in [-0.25, -0.2) is 9.78 Å². The van der Waals surface area contributed by atoms with Gasteiger partial charge in [-0.2, -0.15) is 4.68 Å². The minimum atomic E-state index is -1.07. The number of anilines is 1. The molecule has 220 valence electrons. The second-order valence-corrected chi connectivity index (χ2v) is 10.8. The third-order valence-electron chi connectivity index (χ3n) is 7.23. The number of imidazole rings is 1. The number of aromatic nitrogens is 7. The summed E-state index contributed by atoms with van der Waals surface area (Å²) in [7, 11) is 1.47. The number of nitrogens with one attached hydrogen (secondary N) is 1. The molecule has 2 N–H and O–H groups in total. The number of nitrogens with zero attached hydrogens (tertiary/aromatic N) is 7. The molecule has 3 aromatic carbocycles. The summed E-state index contributed by atoms with van der Waals surface area (Å²) in [5, 5.41) is 21.5. The number of carbonyl (C=O) groups is 1. The molecule has 11 nitrogen and oxygen atoms in total. The maximum absolute atomic E-state index is 13.8. The first kappa shape index (κ1) is 28.8. The van der Waals surface area contributed by atoms with E-state index in [-0.39, 0.29) is 5.56 Å². The van der Waals surface area contributed by atoms with E-state index in [4.69, 9.17) is 28.2 Å². The highest BCUT2D eigenvalue weighted by molar-refractivity contribution is 6.32. The third-order valence-corrected chi connectivity index (χ3v) is 7.74. The van der Waals surface area contributed by atoms with Gasteiger partial charge in [0.05, 0.1) is 11.7 Å². The molecule has 3 aromatic heterocycles. The molecule has 0 aliphatic rings. The molecule has 3 heterocycles. The highest BCUT2D eigenvalue weighted by atomic mass is 35.5. The van der Waals surface area contributed by atoms with Gasteiger partial charge in [-0.05, 0) is 58.0 Å².